The van der Waals surface area contributed by atoms with Gasteiger partial charge in [0, 0.05) is 32.0 Å². The van der Waals surface area contributed by atoms with Crippen LogP contribution >= 0.6 is 0 Å². The Balaban J connectivity index is 1.60. The van der Waals surface area contributed by atoms with Crippen LogP contribution in [0, 0.1) is 5.92 Å². The molecule has 4 nitrogen and oxygen atoms in total. The Labute approximate surface area is 131 Å². The number of amides is 1. The van der Waals surface area contributed by atoms with Crippen LogP contribution in [0.5, 0.6) is 0 Å². The molecule has 0 radical (unpaired) electrons. The Morgan fingerprint density at radius 1 is 1.23 bits per heavy atom. The topological polar surface area (TPSA) is 45.5 Å². The molecule has 0 bridgehead atoms. The highest BCUT2D eigenvalue weighted by Gasteiger charge is 2.36. The second-order valence-electron chi connectivity index (χ2n) is 5.97. The first kappa shape index (κ1) is 14.9. The van der Waals surface area contributed by atoms with E-state index in [1.807, 2.05) is 30.3 Å². The van der Waals surface area contributed by atoms with Gasteiger partial charge < -0.3 is 14.6 Å². The summed E-state index contributed by atoms with van der Waals surface area (Å²) < 4.78 is 5.29. The summed E-state index contributed by atoms with van der Waals surface area (Å²) in [6, 6.07) is 14.1. The average molecular weight is 298 g/mol. The molecule has 0 aliphatic carbocycles. The molecule has 2 heterocycles. The van der Waals surface area contributed by atoms with E-state index in [0.29, 0.717) is 6.54 Å². The van der Waals surface area contributed by atoms with Crippen LogP contribution in [0.3, 0.4) is 0 Å². The summed E-state index contributed by atoms with van der Waals surface area (Å²) >= 11 is 0. The number of nitrogens with zero attached hydrogens (tertiary/aromatic N) is 1. The van der Waals surface area contributed by atoms with Crippen molar-refractivity contribution in [2.24, 2.45) is 5.92 Å². The molecule has 3 rings (SSSR count). The van der Waals surface area contributed by atoms with E-state index in [2.05, 4.69) is 29.4 Å². The number of rotatable bonds is 5. The average Bonchev–Trinajstić information content (AvgIpc) is 3.17. The molecule has 1 aromatic carbocycles. The van der Waals surface area contributed by atoms with E-state index in [1.54, 1.807) is 6.26 Å². The summed E-state index contributed by atoms with van der Waals surface area (Å²) in [4.78, 5) is 14.8. The van der Waals surface area contributed by atoms with Gasteiger partial charge in [0.05, 0.1) is 12.2 Å². The van der Waals surface area contributed by atoms with Crippen LogP contribution in [0.15, 0.2) is 53.1 Å². The second-order valence-corrected chi connectivity index (χ2v) is 5.97. The minimum Gasteiger partial charge on any atom is -0.469 e. The van der Waals surface area contributed by atoms with Crippen LogP contribution in [0.25, 0.3) is 0 Å². The van der Waals surface area contributed by atoms with Crippen molar-refractivity contribution in [3.63, 3.8) is 0 Å². The number of carbonyl (C=O) groups excluding carboxylic acids is 1. The number of hydrogen-bond donors (Lipinski definition) is 1. The zero-order valence-electron chi connectivity index (χ0n) is 12.9. The predicted octanol–water partition coefficient (Wildman–Crippen LogP) is 2.28. The van der Waals surface area contributed by atoms with Crippen LogP contribution < -0.4 is 5.32 Å². The van der Waals surface area contributed by atoms with Crippen molar-refractivity contribution in [2.45, 2.75) is 12.3 Å². The van der Waals surface area contributed by atoms with Gasteiger partial charge in [0.25, 0.3) is 0 Å². The third kappa shape index (κ3) is 3.39. The van der Waals surface area contributed by atoms with Crippen molar-refractivity contribution in [3.05, 3.63) is 60.1 Å². The van der Waals surface area contributed by atoms with Crippen molar-refractivity contribution < 1.29 is 9.21 Å². The summed E-state index contributed by atoms with van der Waals surface area (Å²) in [7, 11) is 2.08. The van der Waals surface area contributed by atoms with E-state index >= 15 is 0 Å². The van der Waals surface area contributed by atoms with E-state index in [4.69, 9.17) is 4.42 Å². The van der Waals surface area contributed by atoms with Crippen molar-refractivity contribution in [1.29, 1.82) is 0 Å². The highest BCUT2D eigenvalue weighted by molar-refractivity contribution is 5.80. The molecular weight excluding hydrogens is 276 g/mol. The quantitative estimate of drug-likeness (QED) is 0.921. The minimum atomic E-state index is 0.0176. The number of benzene rings is 1. The summed E-state index contributed by atoms with van der Waals surface area (Å²) in [5.41, 5.74) is 1.25. The number of likely N-dealkylation sites (tertiary alicyclic amines) is 1. The van der Waals surface area contributed by atoms with Gasteiger partial charge in [0.15, 0.2) is 0 Å². The van der Waals surface area contributed by atoms with Gasteiger partial charge in [0.1, 0.15) is 5.76 Å². The Hall–Kier alpha value is -2.07. The summed E-state index contributed by atoms with van der Waals surface area (Å²) in [6.07, 6.45) is 2.39. The normalized spacial score (nSPS) is 21.9. The van der Waals surface area contributed by atoms with Gasteiger partial charge >= 0.3 is 0 Å². The first-order valence-electron chi connectivity index (χ1n) is 7.77. The number of likely N-dealkylation sites (N-methyl/N-ethyl adjacent to an activating group) is 1. The predicted molar refractivity (Wildman–Crippen MR) is 85.6 cm³/mol. The first-order chi connectivity index (χ1) is 10.7. The van der Waals surface area contributed by atoms with Gasteiger partial charge in [-0.25, -0.2) is 0 Å². The molecule has 2 aromatic rings. The lowest BCUT2D eigenvalue weighted by Crippen LogP contribution is -2.35. The van der Waals surface area contributed by atoms with Gasteiger partial charge in [0.2, 0.25) is 5.91 Å². The molecule has 116 valence electrons. The molecule has 1 N–H and O–H groups in total. The molecule has 2 atom stereocenters. The van der Waals surface area contributed by atoms with Gasteiger partial charge in [-0.1, -0.05) is 30.3 Å². The number of carbonyl (C=O) groups is 1. The minimum absolute atomic E-state index is 0.0176. The SMILES string of the molecule is CN1CC(C(=O)NCCc2ccco2)C(c2ccccc2)C1. The molecule has 1 amide bonds. The summed E-state index contributed by atoms with van der Waals surface area (Å²) in [5, 5.41) is 3.06. The molecule has 0 saturated carbocycles. The lowest BCUT2D eigenvalue weighted by Gasteiger charge is -2.18. The fourth-order valence-corrected chi connectivity index (χ4v) is 3.20. The zero-order valence-corrected chi connectivity index (χ0v) is 12.9. The highest BCUT2D eigenvalue weighted by Crippen LogP contribution is 2.31. The van der Waals surface area contributed by atoms with Crippen molar-refractivity contribution in [3.8, 4) is 0 Å². The molecule has 1 saturated heterocycles. The lowest BCUT2D eigenvalue weighted by atomic mass is 9.88. The molecule has 0 spiro atoms. The maximum atomic E-state index is 12.5. The zero-order chi connectivity index (χ0) is 15.4. The van der Waals surface area contributed by atoms with E-state index in [9.17, 15) is 4.79 Å². The Morgan fingerprint density at radius 2 is 2.05 bits per heavy atom. The van der Waals surface area contributed by atoms with Crippen LogP contribution in [0.1, 0.15) is 17.2 Å². The van der Waals surface area contributed by atoms with Gasteiger partial charge in [-0.05, 0) is 24.7 Å². The van der Waals surface area contributed by atoms with Crippen LogP contribution in [-0.4, -0.2) is 37.5 Å². The Bertz CT molecular complexity index is 595. The van der Waals surface area contributed by atoms with Crippen LogP contribution in [-0.2, 0) is 11.2 Å². The third-order valence-electron chi connectivity index (χ3n) is 4.32. The lowest BCUT2D eigenvalue weighted by molar-refractivity contribution is -0.124. The first-order valence-corrected chi connectivity index (χ1v) is 7.77. The van der Waals surface area contributed by atoms with Crippen LogP contribution in [0.2, 0.25) is 0 Å². The Kier molecular flexibility index (Phi) is 4.59. The smallest absolute Gasteiger partial charge is 0.225 e. The summed E-state index contributed by atoms with van der Waals surface area (Å²) in [5.74, 6) is 1.34. The maximum absolute atomic E-state index is 12.5. The molecule has 1 aliphatic heterocycles. The standard InChI is InChI=1S/C18H22N2O2/c1-20-12-16(14-6-3-2-4-7-14)17(13-20)18(21)19-10-9-15-8-5-11-22-15/h2-8,11,16-17H,9-10,12-13H2,1H3,(H,19,21). The van der Waals surface area contributed by atoms with Crippen molar-refractivity contribution in [2.75, 3.05) is 26.7 Å². The second kappa shape index (κ2) is 6.79. The highest BCUT2D eigenvalue weighted by atomic mass is 16.3. The largest absolute Gasteiger partial charge is 0.469 e. The van der Waals surface area contributed by atoms with Crippen molar-refractivity contribution in [1.82, 2.24) is 10.2 Å². The van der Waals surface area contributed by atoms with Gasteiger partial charge in [-0.15, -0.1) is 0 Å². The molecule has 22 heavy (non-hydrogen) atoms. The summed E-state index contributed by atoms with van der Waals surface area (Å²) in [6.45, 7) is 2.36. The molecule has 1 aliphatic rings. The molecular formula is C18H22N2O2. The number of furan rings is 1. The molecule has 2 unspecified atom stereocenters. The van der Waals surface area contributed by atoms with E-state index in [0.717, 1.165) is 25.3 Å². The van der Waals surface area contributed by atoms with Crippen LogP contribution in [0.4, 0.5) is 0 Å². The number of nitrogens with one attached hydrogen (secondary N) is 1. The van der Waals surface area contributed by atoms with Crippen molar-refractivity contribution >= 4 is 5.91 Å². The monoisotopic (exact) mass is 298 g/mol. The van der Waals surface area contributed by atoms with Gasteiger partial charge in [-0.2, -0.15) is 0 Å². The molecule has 1 fully saturated rings. The molecule has 4 heteroatoms. The van der Waals surface area contributed by atoms with E-state index in [1.165, 1.54) is 5.56 Å². The van der Waals surface area contributed by atoms with E-state index in [-0.39, 0.29) is 17.7 Å². The Morgan fingerprint density at radius 3 is 2.77 bits per heavy atom. The number of hydrogen-bond acceptors (Lipinski definition) is 3. The third-order valence-corrected chi connectivity index (χ3v) is 4.32. The van der Waals surface area contributed by atoms with Gasteiger partial charge in [-0.3, -0.25) is 4.79 Å². The fourth-order valence-electron chi connectivity index (χ4n) is 3.20. The maximum Gasteiger partial charge on any atom is 0.225 e. The fraction of sp³-hybridized carbons (Fsp3) is 0.389. The van der Waals surface area contributed by atoms with E-state index < -0.39 is 0 Å². The molecule has 1 aromatic heterocycles.